The SMILES string of the molecule is NC(=O)c1cccnc1NN1CCCCC1. The Morgan fingerprint density at radius 3 is 2.81 bits per heavy atom. The Hall–Kier alpha value is -1.62. The van der Waals surface area contributed by atoms with Crippen molar-refractivity contribution in [2.75, 3.05) is 18.5 Å². The van der Waals surface area contributed by atoms with Gasteiger partial charge in [-0.3, -0.25) is 4.79 Å². The van der Waals surface area contributed by atoms with Gasteiger partial charge in [0.2, 0.25) is 0 Å². The molecule has 1 amide bonds. The van der Waals surface area contributed by atoms with E-state index in [1.165, 1.54) is 19.3 Å². The normalized spacial score (nSPS) is 17.0. The lowest BCUT2D eigenvalue weighted by Gasteiger charge is -2.27. The van der Waals surface area contributed by atoms with Gasteiger partial charge in [-0.25, -0.2) is 9.99 Å². The Kier molecular flexibility index (Phi) is 3.36. The van der Waals surface area contributed by atoms with Crippen molar-refractivity contribution in [3.63, 3.8) is 0 Å². The number of hydrogen-bond acceptors (Lipinski definition) is 4. The second-order valence-corrected chi connectivity index (χ2v) is 3.92. The van der Waals surface area contributed by atoms with Gasteiger partial charge >= 0.3 is 0 Å². The maximum absolute atomic E-state index is 11.2. The Labute approximate surface area is 94.6 Å². The van der Waals surface area contributed by atoms with Crippen LogP contribution in [0, 0.1) is 0 Å². The molecule has 2 rings (SSSR count). The second kappa shape index (κ2) is 4.94. The molecule has 0 aromatic carbocycles. The zero-order valence-electron chi connectivity index (χ0n) is 9.15. The van der Waals surface area contributed by atoms with Gasteiger partial charge in [-0.1, -0.05) is 6.42 Å². The molecule has 1 fully saturated rings. The number of aromatic nitrogens is 1. The number of hydrazine groups is 1. The molecule has 1 aromatic rings. The summed E-state index contributed by atoms with van der Waals surface area (Å²) in [6.45, 7) is 1.96. The molecule has 1 aliphatic heterocycles. The fraction of sp³-hybridized carbons (Fsp3) is 0.455. The topological polar surface area (TPSA) is 71.2 Å². The number of pyridine rings is 1. The highest BCUT2D eigenvalue weighted by atomic mass is 16.1. The number of primary amides is 1. The van der Waals surface area contributed by atoms with Crippen LogP contribution < -0.4 is 11.2 Å². The first-order chi connectivity index (χ1) is 7.77. The van der Waals surface area contributed by atoms with Crippen molar-refractivity contribution in [2.24, 2.45) is 5.73 Å². The van der Waals surface area contributed by atoms with Crippen LogP contribution in [0.5, 0.6) is 0 Å². The zero-order valence-corrected chi connectivity index (χ0v) is 9.15. The average Bonchev–Trinajstić information content (AvgIpc) is 2.31. The number of carbonyl (C=O) groups excluding carboxylic acids is 1. The summed E-state index contributed by atoms with van der Waals surface area (Å²) in [5, 5.41) is 2.08. The molecule has 5 heteroatoms. The largest absolute Gasteiger partial charge is 0.365 e. The molecule has 0 spiro atoms. The van der Waals surface area contributed by atoms with Crippen LogP contribution >= 0.6 is 0 Å². The lowest BCUT2D eigenvalue weighted by atomic mass is 10.2. The second-order valence-electron chi connectivity index (χ2n) is 3.92. The van der Waals surface area contributed by atoms with Gasteiger partial charge in [0.15, 0.2) is 5.82 Å². The van der Waals surface area contributed by atoms with Crippen LogP contribution in [0.15, 0.2) is 18.3 Å². The Morgan fingerprint density at radius 2 is 2.12 bits per heavy atom. The lowest BCUT2D eigenvalue weighted by molar-refractivity contribution is 0.100. The van der Waals surface area contributed by atoms with Gasteiger partial charge in [-0.15, -0.1) is 0 Å². The summed E-state index contributed by atoms with van der Waals surface area (Å²) in [6, 6.07) is 3.39. The Balaban J connectivity index is 2.10. The van der Waals surface area contributed by atoms with Gasteiger partial charge in [-0.05, 0) is 25.0 Å². The quantitative estimate of drug-likeness (QED) is 0.797. The molecule has 0 saturated carbocycles. The summed E-state index contributed by atoms with van der Waals surface area (Å²) in [6.07, 6.45) is 5.26. The van der Waals surface area contributed by atoms with Crippen LogP contribution in [0.2, 0.25) is 0 Å². The fourth-order valence-corrected chi connectivity index (χ4v) is 1.85. The molecular formula is C11H16N4O. The monoisotopic (exact) mass is 220 g/mol. The summed E-state index contributed by atoms with van der Waals surface area (Å²) in [4.78, 5) is 15.3. The first-order valence-corrected chi connectivity index (χ1v) is 5.54. The number of carbonyl (C=O) groups is 1. The molecule has 86 valence electrons. The van der Waals surface area contributed by atoms with E-state index < -0.39 is 5.91 Å². The minimum atomic E-state index is -0.451. The van der Waals surface area contributed by atoms with Crippen molar-refractivity contribution in [3.05, 3.63) is 23.9 Å². The highest BCUT2D eigenvalue weighted by Crippen LogP contribution is 2.14. The predicted molar refractivity (Wildman–Crippen MR) is 61.8 cm³/mol. The number of piperidine rings is 1. The molecule has 5 nitrogen and oxygen atoms in total. The van der Waals surface area contributed by atoms with Gasteiger partial charge in [-0.2, -0.15) is 0 Å². The molecule has 0 bridgehead atoms. The van der Waals surface area contributed by atoms with Crippen molar-refractivity contribution >= 4 is 11.7 Å². The highest BCUT2D eigenvalue weighted by Gasteiger charge is 2.14. The maximum atomic E-state index is 11.2. The van der Waals surface area contributed by atoms with Crippen molar-refractivity contribution in [1.82, 2.24) is 9.99 Å². The third-order valence-corrected chi connectivity index (χ3v) is 2.69. The van der Waals surface area contributed by atoms with Gasteiger partial charge in [0.1, 0.15) is 0 Å². The molecule has 1 aliphatic rings. The van der Waals surface area contributed by atoms with E-state index in [1.54, 1.807) is 18.3 Å². The van der Waals surface area contributed by atoms with Crippen LogP contribution in [0.4, 0.5) is 5.82 Å². The molecule has 2 heterocycles. The summed E-state index contributed by atoms with van der Waals surface area (Å²) in [5.74, 6) is 0.101. The number of amides is 1. The zero-order chi connectivity index (χ0) is 11.4. The minimum absolute atomic E-state index is 0.438. The van der Waals surface area contributed by atoms with Crippen LogP contribution in [0.25, 0.3) is 0 Å². The van der Waals surface area contributed by atoms with Gasteiger partial charge in [0.05, 0.1) is 5.56 Å². The highest BCUT2D eigenvalue weighted by molar-refractivity contribution is 5.97. The van der Waals surface area contributed by atoms with Gasteiger partial charge < -0.3 is 11.2 Å². The van der Waals surface area contributed by atoms with E-state index in [4.69, 9.17) is 5.73 Å². The first kappa shape index (κ1) is 10.9. The van der Waals surface area contributed by atoms with Gasteiger partial charge in [0, 0.05) is 19.3 Å². The summed E-state index contributed by atoms with van der Waals surface area (Å²) < 4.78 is 0. The number of rotatable bonds is 3. The van der Waals surface area contributed by atoms with E-state index in [1.807, 2.05) is 0 Å². The smallest absolute Gasteiger partial charge is 0.252 e. The molecular weight excluding hydrogens is 204 g/mol. The van der Waals surface area contributed by atoms with E-state index >= 15 is 0 Å². The third-order valence-electron chi connectivity index (χ3n) is 2.69. The Bertz CT molecular complexity index is 374. The molecule has 0 unspecified atom stereocenters. The molecule has 0 aliphatic carbocycles. The lowest BCUT2D eigenvalue weighted by Crippen LogP contribution is -2.36. The van der Waals surface area contributed by atoms with Crippen molar-refractivity contribution in [1.29, 1.82) is 0 Å². The number of nitrogens with one attached hydrogen (secondary N) is 1. The standard InChI is InChI=1S/C11H16N4O/c12-10(16)9-5-4-6-13-11(9)14-15-7-2-1-3-8-15/h4-6H,1-3,7-8H2,(H2,12,16)(H,13,14). The molecule has 0 radical (unpaired) electrons. The molecule has 3 N–H and O–H groups in total. The molecule has 0 atom stereocenters. The minimum Gasteiger partial charge on any atom is -0.365 e. The van der Waals surface area contributed by atoms with Crippen molar-refractivity contribution in [3.8, 4) is 0 Å². The fourth-order valence-electron chi connectivity index (χ4n) is 1.85. The molecule has 16 heavy (non-hydrogen) atoms. The number of nitrogens with zero attached hydrogens (tertiary/aromatic N) is 2. The van der Waals surface area contributed by atoms with Crippen LogP contribution in [-0.4, -0.2) is 29.0 Å². The van der Waals surface area contributed by atoms with Crippen molar-refractivity contribution < 1.29 is 4.79 Å². The predicted octanol–water partition coefficient (Wildman–Crippen LogP) is 0.993. The Morgan fingerprint density at radius 1 is 1.38 bits per heavy atom. The molecule has 1 aromatic heterocycles. The van der Waals surface area contributed by atoms with Crippen LogP contribution in [-0.2, 0) is 0 Å². The van der Waals surface area contributed by atoms with E-state index in [-0.39, 0.29) is 0 Å². The number of anilines is 1. The van der Waals surface area contributed by atoms with E-state index in [9.17, 15) is 4.79 Å². The average molecular weight is 220 g/mol. The summed E-state index contributed by atoms with van der Waals surface area (Å²) >= 11 is 0. The van der Waals surface area contributed by atoms with Gasteiger partial charge in [0.25, 0.3) is 5.91 Å². The van der Waals surface area contributed by atoms with Crippen LogP contribution in [0.3, 0.4) is 0 Å². The summed E-state index contributed by atoms with van der Waals surface area (Å²) in [7, 11) is 0. The first-order valence-electron chi connectivity index (χ1n) is 5.54. The van der Waals surface area contributed by atoms with E-state index in [0.717, 1.165) is 13.1 Å². The third kappa shape index (κ3) is 2.49. The van der Waals surface area contributed by atoms with Crippen LogP contribution in [0.1, 0.15) is 29.6 Å². The number of nitrogens with two attached hydrogens (primary N) is 1. The summed E-state index contributed by atoms with van der Waals surface area (Å²) in [5.41, 5.74) is 8.87. The number of hydrogen-bond donors (Lipinski definition) is 2. The van der Waals surface area contributed by atoms with E-state index in [2.05, 4.69) is 15.4 Å². The van der Waals surface area contributed by atoms with E-state index in [0.29, 0.717) is 11.4 Å². The maximum Gasteiger partial charge on any atom is 0.252 e. The molecule has 1 saturated heterocycles. The van der Waals surface area contributed by atoms with Crippen molar-refractivity contribution in [2.45, 2.75) is 19.3 Å².